The number of hydrogen-bond donors (Lipinski definition) is 1. The predicted molar refractivity (Wildman–Crippen MR) is 165 cm³/mol. The molecule has 1 aliphatic rings. The molecule has 0 saturated heterocycles. The van der Waals surface area contributed by atoms with Crippen LogP contribution >= 0.6 is 0 Å². The molecule has 0 aromatic carbocycles. The van der Waals surface area contributed by atoms with E-state index in [1.807, 2.05) is 65.0 Å². The third kappa shape index (κ3) is 14.8. The van der Waals surface area contributed by atoms with Crippen molar-refractivity contribution in [2.75, 3.05) is 6.61 Å². The smallest absolute Gasteiger partial charge is 0.404 e. The fourth-order valence-corrected chi connectivity index (χ4v) is 4.92. The number of Topliss-reactive ketones (excluding diaryl/α,β-unsaturated/α-hetero) is 1. The molecule has 0 aliphatic carbocycles. The summed E-state index contributed by atoms with van der Waals surface area (Å²) in [4.78, 5) is 47.3. The van der Waals surface area contributed by atoms with Crippen LogP contribution < -0.4 is 5.73 Å². The van der Waals surface area contributed by atoms with Crippen LogP contribution in [0.15, 0.2) is 71.4 Å². The monoisotopic (exact) mass is 583 g/mol. The molecule has 6 atom stereocenters. The lowest BCUT2D eigenvalue weighted by Gasteiger charge is -2.29. The second-order valence-corrected chi connectivity index (χ2v) is 11.3. The lowest BCUT2D eigenvalue weighted by molar-refractivity contribution is -0.142. The molecule has 0 bridgehead atoms. The van der Waals surface area contributed by atoms with Crippen LogP contribution in [-0.2, 0) is 28.6 Å². The van der Waals surface area contributed by atoms with Crippen LogP contribution in [0.1, 0.15) is 74.7 Å². The summed E-state index contributed by atoms with van der Waals surface area (Å²) >= 11 is 0. The first-order valence-corrected chi connectivity index (χ1v) is 14.6. The van der Waals surface area contributed by atoms with Crippen LogP contribution in [-0.4, -0.2) is 42.6 Å². The second-order valence-electron chi connectivity index (χ2n) is 11.3. The zero-order valence-corrected chi connectivity index (χ0v) is 26.4. The van der Waals surface area contributed by atoms with E-state index in [0.29, 0.717) is 18.8 Å². The largest absolute Gasteiger partial charge is 0.462 e. The van der Waals surface area contributed by atoms with Gasteiger partial charge in [0.05, 0.1) is 5.92 Å². The van der Waals surface area contributed by atoms with Gasteiger partial charge in [-0.25, -0.2) is 9.59 Å². The van der Waals surface area contributed by atoms with E-state index in [0.717, 1.165) is 23.1 Å². The average molecular weight is 584 g/mol. The number of cyclic esters (lactones) is 1. The van der Waals surface area contributed by atoms with Crippen molar-refractivity contribution in [3.05, 3.63) is 71.4 Å². The van der Waals surface area contributed by atoms with Gasteiger partial charge in [0.2, 0.25) is 0 Å². The molecule has 42 heavy (non-hydrogen) atoms. The van der Waals surface area contributed by atoms with Gasteiger partial charge >= 0.3 is 18.0 Å². The standard InChI is InChI=1S/C34H49NO7/c1-22(19-24(3)15-16-30-13-10-14-31(37)41-30)11-9-12-23(2)20-26(5)32(38)28(7)33(42-34(35)39)27(6)21-25(4)17-18-40-29(8)36/h9-10,12,14-17,19-20,22,26-28,30,33H,11,13,18,21H2,1-8H3,(H2,35,39)/b12-9+,16-15+,23-20+,24-19-,25-17+/t22-,26-,27+,28-,30-,33-/m1/s1. The zero-order chi connectivity index (χ0) is 31.8. The summed E-state index contributed by atoms with van der Waals surface area (Å²) in [7, 11) is 0. The van der Waals surface area contributed by atoms with Crippen LogP contribution in [0.3, 0.4) is 0 Å². The number of esters is 2. The van der Waals surface area contributed by atoms with Gasteiger partial charge in [0, 0.05) is 25.3 Å². The highest BCUT2D eigenvalue weighted by Gasteiger charge is 2.33. The van der Waals surface area contributed by atoms with Crippen molar-refractivity contribution >= 4 is 23.8 Å². The Morgan fingerprint density at radius 1 is 1.05 bits per heavy atom. The van der Waals surface area contributed by atoms with Gasteiger partial charge in [-0.3, -0.25) is 9.59 Å². The molecule has 232 valence electrons. The van der Waals surface area contributed by atoms with Crippen molar-refractivity contribution in [1.29, 1.82) is 0 Å². The van der Waals surface area contributed by atoms with Gasteiger partial charge in [-0.1, -0.05) is 80.9 Å². The number of hydrogen-bond acceptors (Lipinski definition) is 7. The van der Waals surface area contributed by atoms with Crippen molar-refractivity contribution < 1.29 is 33.4 Å². The number of carbonyl (C=O) groups is 4. The van der Waals surface area contributed by atoms with Gasteiger partial charge in [-0.2, -0.15) is 0 Å². The number of primary amides is 1. The second kappa shape index (κ2) is 18.7. The summed E-state index contributed by atoms with van der Waals surface area (Å²) in [5, 5.41) is 0. The van der Waals surface area contributed by atoms with E-state index < -0.39 is 18.1 Å². The Kier molecular flexibility index (Phi) is 16.2. The summed E-state index contributed by atoms with van der Waals surface area (Å²) in [5.74, 6) is -1.54. The number of nitrogens with two attached hydrogens (primary N) is 1. The first-order valence-electron chi connectivity index (χ1n) is 14.6. The topological polar surface area (TPSA) is 122 Å². The summed E-state index contributed by atoms with van der Waals surface area (Å²) in [5.41, 5.74) is 8.36. The van der Waals surface area contributed by atoms with E-state index >= 15 is 0 Å². The van der Waals surface area contributed by atoms with E-state index in [1.165, 1.54) is 13.0 Å². The van der Waals surface area contributed by atoms with Crippen LogP contribution in [0.2, 0.25) is 0 Å². The maximum absolute atomic E-state index is 13.3. The Morgan fingerprint density at radius 3 is 2.33 bits per heavy atom. The zero-order valence-electron chi connectivity index (χ0n) is 26.4. The molecule has 0 radical (unpaired) electrons. The summed E-state index contributed by atoms with van der Waals surface area (Å²) in [6.45, 7) is 15.0. The molecule has 0 fully saturated rings. The van der Waals surface area contributed by atoms with E-state index in [9.17, 15) is 19.2 Å². The first-order chi connectivity index (χ1) is 19.7. The molecule has 0 aromatic heterocycles. The molecule has 1 rings (SSSR count). The predicted octanol–water partition coefficient (Wildman–Crippen LogP) is 6.73. The Morgan fingerprint density at radius 2 is 1.71 bits per heavy atom. The number of ketones is 1. The fourth-order valence-electron chi connectivity index (χ4n) is 4.92. The van der Waals surface area contributed by atoms with E-state index in [4.69, 9.17) is 19.9 Å². The maximum Gasteiger partial charge on any atom is 0.404 e. The van der Waals surface area contributed by atoms with E-state index in [1.54, 1.807) is 13.0 Å². The van der Waals surface area contributed by atoms with Gasteiger partial charge < -0.3 is 19.9 Å². The molecule has 2 N–H and O–H groups in total. The molecule has 0 aromatic rings. The molecule has 0 unspecified atom stereocenters. The first kappa shape index (κ1) is 36.3. The normalized spacial score (nSPS) is 20.1. The molecule has 0 saturated carbocycles. The van der Waals surface area contributed by atoms with Crippen LogP contribution in [0.5, 0.6) is 0 Å². The number of amides is 1. The molecule has 8 nitrogen and oxygen atoms in total. The highest BCUT2D eigenvalue weighted by molar-refractivity contribution is 5.85. The van der Waals surface area contributed by atoms with Crippen molar-refractivity contribution in [2.24, 2.45) is 29.4 Å². The third-order valence-electron chi connectivity index (χ3n) is 6.98. The molecule has 0 spiro atoms. The van der Waals surface area contributed by atoms with Gasteiger partial charge in [0.25, 0.3) is 0 Å². The van der Waals surface area contributed by atoms with E-state index in [-0.39, 0.29) is 42.3 Å². The molecule has 8 heteroatoms. The Hall–Kier alpha value is -3.68. The highest BCUT2D eigenvalue weighted by Crippen LogP contribution is 2.26. The fraction of sp³-hybridized carbons (Fsp3) is 0.529. The number of ether oxygens (including phenoxy) is 3. The van der Waals surface area contributed by atoms with Crippen molar-refractivity contribution in [3.8, 4) is 0 Å². The van der Waals surface area contributed by atoms with Crippen molar-refractivity contribution in [3.63, 3.8) is 0 Å². The Bertz CT molecular complexity index is 1120. The van der Waals surface area contributed by atoms with Gasteiger partial charge in [-0.15, -0.1) is 0 Å². The maximum atomic E-state index is 13.3. The molecule has 1 heterocycles. The SMILES string of the molecule is CC(=O)OC/C=C(\C)C[C@H](C)[C@@H](OC(N)=O)[C@H](C)C(=O)[C@H](C)/C=C(C)/C=C/C[C@@H](C)/C=C(C)\C=C\[C@H]1CC=CC(=O)O1. The molecular weight excluding hydrogens is 534 g/mol. The average Bonchev–Trinajstić information content (AvgIpc) is 2.89. The Balaban J connectivity index is 2.75. The van der Waals surface area contributed by atoms with Crippen molar-refractivity contribution in [1.82, 2.24) is 0 Å². The van der Waals surface area contributed by atoms with E-state index in [2.05, 4.69) is 19.1 Å². The lowest BCUT2D eigenvalue weighted by Crippen LogP contribution is -2.39. The summed E-state index contributed by atoms with van der Waals surface area (Å²) in [6, 6.07) is 0. The van der Waals surface area contributed by atoms with Crippen LogP contribution in [0.25, 0.3) is 0 Å². The third-order valence-corrected chi connectivity index (χ3v) is 6.98. The highest BCUT2D eigenvalue weighted by atomic mass is 16.6. The summed E-state index contributed by atoms with van der Waals surface area (Å²) in [6.07, 6.45) is 17.4. The minimum absolute atomic E-state index is 0.0414. The van der Waals surface area contributed by atoms with Gasteiger partial charge in [0.1, 0.15) is 24.6 Å². The quantitative estimate of drug-likeness (QED) is 0.0925. The molecule has 1 amide bonds. The van der Waals surface area contributed by atoms with Crippen LogP contribution in [0, 0.1) is 23.7 Å². The van der Waals surface area contributed by atoms with Crippen molar-refractivity contribution in [2.45, 2.75) is 86.9 Å². The summed E-state index contributed by atoms with van der Waals surface area (Å²) < 4.78 is 15.6. The number of allylic oxidation sites excluding steroid dienone is 8. The molecular formula is C34H49NO7. The van der Waals surface area contributed by atoms with Gasteiger partial charge in [-0.05, 0) is 57.6 Å². The molecule has 1 aliphatic heterocycles. The number of rotatable bonds is 16. The van der Waals surface area contributed by atoms with Gasteiger partial charge in [0.15, 0.2) is 0 Å². The number of carbonyl (C=O) groups excluding carboxylic acids is 4. The lowest BCUT2D eigenvalue weighted by atomic mass is 9.82. The van der Waals surface area contributed by atoms with Crippen LogP contribution in [0.4, 0.5) is 4.79 Å². The minimum atomic E-state index is -0.918. The Labute approximate surface area is 251 Å². The minimum Gasteiger partial charge on any atom is -0.462 e.